The van der Waals surface area contributed by atoms with Crippen molar-refractivity contribution in [3.63, 3.8) is 0 Å². The van der Waals surface area contributed by atoms with Gasteiger partial charge in [-0.15, -0.1) is 11.3 Å². The number of aryl methyl sites for hydroxylation is 1. The van der Waals surface area contributed by atoms with E-state index < -0.39 is 0 Å². The van der Waals surface area contributed by atoms with E-state index in [9.17, 15) is 0 Å². The molecular weight excluding hydrogens is 960 g/mol. The van der Waals surface area contributed by atoms with Crippen molar-refractivity contribution >= 4 is 89.5 Å². The largest absolute Gasteiger partial charge is 0.455 e. The molecule has 0 spiro atoms. The molecule has 5 aliphatic rings. The van der Waals surface area contributed by atoms with Gasteiger partial charge in [0.1, 0.15) is 11.5 Å². The summed E-state index contributed by atoms with van der Waals surface area (Å²) in [4.78, 5) is 7.73. The number of hydrogen-bond donors (Lipinski definition) is 0. The molecule has 0 unspecified atom stereocenters. The summed E-state index contributed by atoms with van der Waals surface area (Å²) in [5, 5.41) is 2.62. The quantitative estimate of drug-likeness (QED) is 0.164. The molecule has 0 saturated carbocycles. The summed E-state index contributed by atoms with van der Waals surface area (Å²) in [6, 6.07) is 63.0. The first-order valence-corrected chi connectivity index (χ1v) is 28.9. The smallest absolute Gasteiger partial charge is 0.333 e. The molecule has 4 heterocycles. The Kier molecular flexibility index (Phi) is 9.63. The second-order valence-corrected chi connectivity index (χ2v) is 27.3. The van der Waals surface area contributed by atoms with E-state index in [0.717, 1.165) is 27.7 Å². The number of anilines is 5. The van der Waals surface area contributed by atoms with Crippen molar-refractivity contribution in [2.75, 3.05) is 9.71 Å². The van der Waals surface area contributed by atoms with Gasteiger partial charge in [0.15, 0.2) is 0 Å². The van der Waals surface area contributed by atoms with Crippen LogP contribution in [0.25, 0.3) is 53.6 Å². The van der Waals surface area contributed by atoms with Gasteiger partial charge in [0.2, 0.25) is 0 Å². The molecule has 76 heavy (non-hydrogen) atoms. The van der Waals surface area contributed by atoms with Gasteiger partial charge >= 0.3 is 6.85 Å². The van der Waals surface area contributed by atoms with Crippen LogP contribution in [0.3, 0.4) is 0 Å². The molecule has 0 bridgehead atoms. The van der Waals surface area contributed by atoms with Crippen LogP contribution < -0.4 is 25.4 Å². The van der Waals surface area contributed by atoms with Crippen molar-refractivity contribution in [3.8, 4) is 44.9 Å². The predicted octanol–water partition coefficient (Wildman–Crippen LogP) is 18.9. The minimum Gasteiger partial charge on any atom is -0.455 e. The molecule has 0 fully saturated rings. The highest BCUT2D eigenvalue weighted by atomic mass is 32.2. The van der Waals surface area contributed by atoms with Crippen molar-refractivity contribution in [2.45, 2.75) is 114 Å². The van der Waals surface area contributed by atoms with Crippen LogP contribution in [0, 0.1) is 6.92 Å². The Morgan fingerprint density at radius 3 is 2.04 bits per heavy atom. The Morgan fingerprint density at radius 2 is 1.24 bits per heavy atom. The highest BCUT2D eigenvalue weighted by Crippen LogP contribution is 2.61. The molecule has 0 atom stereocenters. The number of fused-ring (bicyclic) bond motifs is 15. The monoisotopic (exact) mass is 1020 g/mol. The summed E-state index contributed by atoms with van der Waals surface area (Å²) in [6.07, 6.45) is 2.31. The van der Waals surface area contributed by atoms with Crippen LogP contribution >= 0.6 is 23.1 Å². The normalized spacial score (nSPS) is 16.7. The fourth-order valence-corrected chi connectivity index (χ4v) is 16.2. The van der Waals surface area contributed by atoms with Crippen molar-refractivity contribution in [3.05, 3.63) is 197 Å². The van der Waals surface area contributed by atoms with Gasteiger partial charge < -0.3 is 14.4 Å². The summed E-state index contributed by atoms with van der Waals surface area (Å²) in [5.41, 5.74) is 24.6. The average molecular weight is 1020 g/mol. The molecule has 0 N–H and O–H groups in total. The molecule has 6 heteroatoms. The number of para-hydroxylation sites is 1. The number of nitrogens with zero attached hydrogens (tertiary/aromatic N) is 2. The van der Waals surface area contributed by atoms with E-state index in [2.05, 4.69) is 243 Å². The Balaban J connectivity index is 1.14. The van der Waals surface area contributed by atoms with E-state index >= 15 is 0 Å². The van der Waals surface area contributed by atoms with Crippen LogP contribution in [-0.2, 0) is 21.7 Å². The van der Waals surface area contributed by atoms with Crippen LogP contribution in [0.5, 0.6) is 11.5 Å². The van der Waals surface area contributed by atoms with E-state index in [1.54, 1.807) is 0 Å². The molecule has 1 aromatic heterocycles. The maximum absolute atomic E-state index is 7.10. The topological polar surface area (TPSA) is 15.7 Å². The predicted molar refractivity (Wildman–Crippen MR) is 325 cm³/mol. The molecule has 3 nitrogen and oxygen atoms in total. The first-order chi connectivity index (χ1) is 36.5. The molecule has 372 valence electrons. The number of thiophene rings is 1. The first-order valence-electron chi connectivity index (χ1n) is 27.3. The third-order valence-electron chi connectivity index (χ3n) is 18.2. The van der Waals surface area contributed by atoms with Crippen molar-refractivity contribution in [1.82, 2.24) is 0 Å². The number of rotatable bonds is 3. The van der Waals surface area contributed by atoms with Gasteiger partial charge in [-0.2, -0.15) is 0 Å². The Labute approximate surface area is 456 Å². The maximum atomic E-state index is 7.10. The lowest BCUT2D eigenvalue weighted by molar-refractivity contribution is 0.332. The zero-order chi connectivity index (χ0) is 51.9. The van der Waals surface area contributed by atoms with E-state index in [-0.39, 0.29) is 28.5 Å². The fraction of sp³-hybridized carbons (Fsp3) is 0.229. The Hall–Kier alpha value is -6.99. The van der Waals surface area contributed by atoms with Crippen molar-refractivity contribution < 1.29 is 4.74 Å². The number of hydrogen-bond acceptors (Lipinski definition) is 5. The minimum atomic E-state index is -0.242. The summed E-state index contributed by atoms with van der Waals surface area (Å²) in [6.45, 7) is 23.8. The van der Waals surface area contributed by atoms with E-state index in [1.807, 2.05) is 23.1 Å². The maximum Gasteiger partial charge on any atom is 0.333 e. The summed E-state index contributed by atoms with van der Waals surface area (Å²) < 4.78 is 9.75. The molecular formula is C70H61BN2OS2. The SMILES string of the molecule is Cc1cc2c(cc1N1c3cc4c(cc3B3c5c1cc1c(sc6ccccc61)c5-c1c(ccc5c1-c1ccccc1C5(C)C)N3c1ccc(C(C)(C)C)cc1-c1ccccc1)Oc1ccccc1S4)C(C)(C)CCC2(C)C. The van der Waals surface area contributed by atoms with Crippen LogP contribution in [0.2, 0.25) is 0 Å². The van der Waals surface area contributed by atoms with Gasteiger partial charge in [-0.3, -0.25) is 0 Å². The third-order valence-corrected chi connectivity index (χ3v) is 20.5. The highest BCUT2D eigenvalue weighted by Gasteiger charge is 2.51. The molecule has 0 saturated heterocycles. The van der Waals surface area contributed by atoms with Gasteiger partial charge in [0, 0.05) is 70.7 Å². The Bertz CT molecular complexity index is 4170. The molecule has 9 aromatic carbocycles. The zero-order valence-electron chi connectivity index (χ0n) is 45.2. The number of benzene rings is 9. The second-order valence-electron chi connectivity index (χ2n) is 25.1. The average Bonchev–Trinajstić information content (AvgIpc) is 3.94. The van der Waals surface area contributed by atoms with Gasteiger partial charge in [0.05, 0.1) is 9.79 Å². The summed E-state index contributed by atoms with van der Waals surface area (Å²) in [5.74, 6) is 1.81. The molecule has 3 aliphatic heterocycles. The summed E-state index contributed by atoms with van der Waals surface area (Å²) in [7, 11) is 0. The van der Waals surface area contributed by atoms with Crippen molar-refractivity contribution in [2.24, 2.45) is 0 Å². The highest BCUT2D eigenvalue weighted by molar-refractivity contribution is 7.99. The Morgan fingerprint density at radius 1 is 0.526 bits per heavy atom. The van der Waals surface area contributed by atoms with Gasteiger partial charge in [0.25, 0.3) is 0 Å². The lowest BCUT2D eigenvalue weighted by Gasteiger charge is -2.48. The van der Waals surface area contributed by atoms with Crippen LogP contribution in [0.4, 0.5) is 28.4 Å². The van der Waals surface area contributed by atoms with E-state index in [1.165, 1.54) is 133 Å². The molecule has 0 radical (unpaired) electrons. The van der Waals surface area contributed by atoms with Crippen LogP contribution in [0.15, 0.2) is 174 Å². The lowest BCUT2D eigenvalue weighted by Crippen LogP contribution is -2.61. The van der Waals surface area contributed by atoms with E-state index in [0.29, 0.717) is 0 Å². The second kappa shape index (κ2) is 15.8. The third kappa shape index (κ3) is 6.44. The fourth-order valence-electron chi connectivity index (χ4n) is 14.0. The number of ether oxygens (including phenoxy) is 1. The van der Waals surface area contributed by atoms with Gasteiger partial charge in [-0.05, 0) is 158 Å². The molecule has 15 rings (SSSR count). The molecule has 2 aliphatic carbocycles. The standard InChI is InChI=1S/C70H61BN2OS2/c1-40-34-49-50(69(7,8)33-32-68(49,5)6)37-54(40)72-55-39-61-58(74-57-25-17-19-27-60(57)75-61)38-51(55)71-65-56(72)36-46-43-22-15-18-26-59(43)76-66(46)64(65)63-53(31-29-48-62(63)44-23-14-16-24-47(44)70(48,9)10)73(71)52-30-28-42(67(2,3)4)35-45(52)41-20-12-11-13-21-41/h11-31,34-39H,32-33H2,1-10H3. The van der Waals surface area contributed by atoms with Gasteiger partial charge in [-0.1, -0.05) is 177 Å². The van der Waals surface area contributed by atoms with Gasteiger partial charge in [-0.25, -0.2) is 0 Å². The molecule has 0 amide bonds. The zero-order valence-corrected chi connectivity index (χ0v) is 46.8. The molecule has 10 aromatic rings. The summed E-state index contributed by atoms with van der Waals surface area (Å²) >= 11 is 3.79. The van der Waals surface area contributed by atoms with Crippen LogP contribution in [-0.4, -0.2) is 6.85 Å². The first kappa shape index (κ1) is 46.3. The lowest BCUT2D eigenvalue weighted by atomic mass is 9.43. The van der Waals surface area contributed by atoms with Crippen molar-refractivity contribution in [1.29, 1.82) is 0 Å². The minimum absolute atomic E-state index is 0.00813. The van der Waals surface area contributed by atoms with E-state index in [4.69, 9.17) is 4.74 Å². The van der Waals surface area contributed by atoms with Crippen LogP contribution in [0.1, 0.15) is 109 Å².